The van der Waals surface area contributed by atoms with Gasteiger partial charge in [0.15, 0.2) is 0 Å². The van der Waals surface area contributed by atoms with Gasteiger partial charge in [0, 0.05) is 42.8 Å². The summed E-state index contributed by atoms with van der Waals surface area (Å²) < 4.78 is 5.28. The van der Waals surface area contributed by atoms with E-state index in [1.807, 2.05) is 30.3 Å². The van der Waals surface area contributed by atoms with Crippen LogP contribution in [0.25, 0.3) is 10.9 Å². The number of hydrogen-bond acceptors (Lipinski definition) is 7. The highest BCUT2D eigenvalue weighted by Gasteiger charge is 2.24. The van der Waals surface area contributed by atoms with E-state index in [1.165, 1.54) is 0 Å². The molecule has 0 aliphatic carbocycles. The number of methoxy groups -OCH3 is 1. The number of likely N-dealkylation sites (tertiary alicyclic amines) is 1. The summed E-state index contributed by atoms with van der Waals surface area (Å²) in [5, 5.41) is 14.3. The zero-order valence-electron chi connectivity index (χ0n) is 15.9. The van der Waals surface area contributed by atoms with E-state index in [9.17, 15) is 5.11 Å². The molecule has 0 unspecified atom stereocenters. The number of nitrogens with two attached hydrogens (primary N) is 1. The van der Waals surface area contributed by atoms with Crippen molar-refractivity contribution in [3.05, 3.63) is 54.4 Å². The van der Waals surface area contributed by atoms with E-state index in [2.05, 4.69) is 32.3 Å². The summed E-state index contributed by atoms with van der Waals surface area (Å²) >= 11 is 0. The summed E-state index contributed by atoms with van der Waals surface area (Å²) in [4.78, 5) is 11.1. The van der Waals surface area contributed by atoms with Crippen LogP contribution in [0, 0.1) is 0 Å². The van der Waals surface area contributed by atoms with E-state index in [1.54, 1.807) is 13.4 Å². The van der Waals surface area contributed by atoms with Gasteiger partial charge >= 0.3 is 0 Å². The number of aromatic nitrogens is 2. The molecular weight excluding hydrogens is 354 g/mol. The molecule has 7 heteroatoms. The van der Waals surface area contributed by atoms with Crippen molar-refractivity contribution < 1.29 is 9.84 Å². The van der Waals surface area contributed by atoms with Crippen molar-refractivity contribution in [3.8, 4) is 5.75 Å². The average molecular weight is 379 g/mol. The molecule has 1 aromatic heterocycles. The molecule has 3 aromatic rings. The molecule has 146 valence electrons. The van der Waals surface area contributed by atoms with Gasteiger partial charge in [-0.15, -0.1) is 0 Å². The van der Waals surface area contributed by atoms with E-state index < -0.39 is 6.10 Å². The molecule has 4 N–H and O–H groups in total. The smallest absolute Gasteiger partial charge is 0.141 e. The third kappa shape index (κ3) is 4.06. The Bertz CT molecular complexity index is 964. The molecule has 1 aliphatic rings. The molecule has 0 saturated carbocycles. The minimum absolute atomic E-state index is 0.120. The number of nitrogens with zero attached hydrogens (tertiary/aromatic N) is 3. The number of anilines is 2. The maximum atomic E-state index is 10.0. The summed E-state index contributed by atoms with van der Waals surface area (Å²) in [6, 6.07) is 13.8. The van der Waals surface area contributed by atoms with Gasteiger partial charge in [0.25, 0.3) is 0 Å². The molecule has 0 spiro atoms. The van der Waals surface area contributed by atoms with Gasteiger partial charge in [-0.25, -0.2) is 9.97 Å². The number of hydrogen-bond donors (Lipinski definition) is 3. The Hall–Kier alpha value is -2.74. The highest BCUT2D eigenvalue weighted by Crippen LogP contribution is 2.26. The zero-order chi connectivity index (χ0) is 19.5. The van der Waals surface area contributed by atoms with Crippen molar-refractivity contribution in [2.45, 2.75) is 25.1 Å². The van der Waals surface area contributed by atoms with Gasteiger partial charge in [-0.1, -0.05) is 12.1 Å². The van der Waals surface area contributed by atoms with Crippen LogP contribution >= 0.6 is 0 Å². The van der Waals surface area contributed by atoms with Gasteiger partial charge in [-0.3, -0.25) is 4.90 Å². The second-order valence-corrected chi connectivity index (χ2v) is 7.19. The van der Waals surface area contributed by atoms with Gasteiger partial charge < -0.3 is 20.9 Å². The number of nitrogens with one attached hydrogen (secondary N) is 1. The lowest BCUT2D eigenvalue weighted by atomic mass is 10.0. The van der Waals surface area contributed by atoms with E-state index in [0.717, 1.165) is 53.2 Å². The molecule has 0 radical (unpaired) electrons. The third-order valence-electron chi connectivity index (χ3n) is 5.16. The molecule has 1 saturated heterocycles. The normalized spacial score (nSPS) is 20.2. The Morgan fingerprint density at radius 1 is 1.25 bits per heavy atom. The number of ether oxygens (including phenoxy) is 1. The van der Waals surface area contributed by atoms with Crippen LogP contribution in [-0.2, 0) is 6.54 Å². The summed E-state index contributed by atoms with van der Waals surface area (Å²) in [6.45, 7) is 2.26. The molecular formula is C21H25N5O2. The molecule has 0 bridgehead atoms. The molecule has 1 aliphatic heterocycles. The van der Waals surface area contributed by atoms with E-state index >= 15 is 0 Å². The molecule has 28 heavy (non-hydrogen) atoms. The summed E-state index contributed by atoms with van der Waals surface area (Å²) in [6.07, 6.45) is 1.92. The SMILES string of the molecule is COc1cccc(Nc2ncnc3cc(CN4CC[C@@H](N)[C@H](O)C4)ccc23)c1. The lowest BCUT2D eigenvalue weighted by Crippen LogP contribution is -2.50. The molecule has 0 amide bonds. The van der Waals surface area contributed by atoms with E-state index in [-0.39, 0.29) is 6.04 Å². The topological polar surface area (TPSA) is 96.5 Å². The Morgan fingerprint density at radius 2 is 2.14 bits per heavy atom. The maximum Gasteiger partial charge on any atom is 0.141 e. The number of aliphatic hydroxyl groups excluding tert-OH is 1. The Labute approximate surface area is 164 Å². The van der Waals surface area contributed by atoms with Gasteiger partial charge in [-0.2, -0.15) is 0 Å². The summed E-state index contributed by atoms with van der Waals surface area (Å²) in [7, 11) is 1.65. The molecule has 1 fully saturated rings. The third-order valence-corrected chi connectivity index (χ3v) is 5.16. The van der Waals surface area contributed by atoms with Crippen molar-refractivity contribution in [3.63, 3.8) is 0 Å². The Kier molecular flexibility index (Phi) is 5.38. The predicted octanol–water partition coefficient (Wildman–Crippen LogP) is 2.28. The Balaban J connectivity index is 1.54. The van der Waals surface area contributed by atoms with E-state index in [4.69, 9.17) is 10.5 Å². The first-order valence-corrected chi connectivity index (χ1v) is 9.43. The van der Waals surface area contributed by atoms with Crippen LogP contribution in [-0.4, -0.2) is 52.3 Å². The lowest BCUT2D eigenvalue weighted by Gasteiger charge is -2.34. The second-order valence-electron chi connectivity index (χ2n) is 7.19. The maximum absolute atomic E-state index is 10.0. The first kappa shape index (κ1) is 18.6. The fourth-order valence-corrected chi connectivity index (χ4v) is 3.56. The first-order chi connectivity index (χ1) is 13.6. The van der Waals surface area contributed by atoms with Crippen molar-refractivity contribution in [2.75, 3.05) is 25.5 Å². The van der Waals surface area contributed by atoms with Crippen molar-refractivity contribution in [1.82, 2.24) is 14.9 Å². The van der Waals surface area contributed by atoms with E-state index in [0.29, 0.717) is 6.54 Å². The summed E-state index contributed by atoms with van der Waals surface area (Å²) in [5.41, 5.74) is 8.84. The standard InChI is InChI=1S/C21H25N5O2/c1-28-16-4-2-3-15(10-16)25-21-17-6-5-14(9-19(17)23-13-24-21)11-26-8-7-18(22)20(27)12-26/h2-6,9-10,13,18,20,27H,7-8,11-12,22H2,1H3,(H,23,24,25)/t18-,20-/m1/s1. The molecule has 7 nitrogen and oxygen atoms in total. The highest BCUT2D eigenvalue weighted by molar-refractivity contribution is 5.91. The number of fused-ring (bicyclic) bond motifs is 1. The average Bonchev–Trinajstić information content (AvgIpc) is 2.71. The minimum Gasteiger partial charge on any atom is -0.497 e. The largest absolute Gasteiger partial charge is 0.497 e. The Morgan fingerprint density at radius 3 is 2.96 bits per heavy atom. The van der Waals surface area contributed by atoms with Crippen LogP contribution in [0.2, 0.25) is 0 Å². The predicted molar refractivity (Wildman–Crippen MR) is 110 cm³/mol. The fourth-order valence-electron chi connectivity index (χ4n) is 3.56. The van der Waals surface area contributed by atoms with Gasteiger partial charge in [0.1, 0.15) is 17.9 Å². The molecule has 4 rings (SSSR count). The monoisotopic (exact) mass is 379 g/mol. The first-order valence-electron chi connectivity index (χ1n) is 9.43. The van der Waals surface area contributed by atoms with Crippen molar-refractivity contribution in [1.29, 1.82) is 0 Å². The van der Waals surface area contributed by atoms with Crippen LogP contribution in [0.4, 0.5) is 11.5 Å². The minimum atomic E-state index is -0.463. The molecule has 2 heterocycles. The second kappa shape index (κ2) is 8.10. The molecule has 2 atom stereocenters. The van der Waals surface area contributed by atoms with Crippen molar-refractivity contribution in [2.24, 2.45) is 5.73 Å². The highest BCUT2D eigenvalue weighted by atomic mass is 16.5. The molecule has 2 aromatic carbocycles. The van der Waals surface area contributed by atoms with Crippen LogP contribution in [0.1, 0.15) is 12.0 Å². The quantitative estimate of drug-likeness (QED) is 0.626. The van der Waals surface area contributed by atoms with Gasteiger partial charge in [0.2, 0.25) is 0 Å². The number of rotatable bonds is 5. The van der Waals surface area contributed by atoms with Gasteiger partial charge in [-0.05, 0) is 36.2 Å². The zero-order valence-corrected chi connectivity index (χ0v) is 15.9. The fraction of sp³-hybridized carbons (Fsp3) is 0.333. The number of piperidine rings is 1. The van der Waals surface area contributed by atoms with Crippen LogP contribution in [0.15, 0.2) is 48.8 Å². The number of aliphatic hydroxyl groups is 1. The van der Waals surface area contributed by atoms with Crippen molar-refractivity contribution >= 4 is 22.4 Å². The number of β-amino-alcohol motifs (C(OH)–C–C–N with tert-alkyl or cyclic N) is 1. The van der Waals surface area contributed by atoms with Crippen LogP contribution in [0.3, 0.4) is 0 Å². The van der Waals surface area contributed by atoms with Gasteiger partial charge in [0.05, 0.1) is 18.7 Å². The summed E-state index contributed by atoms with van der Waals surface area (Å²) in [5.74, 6) is 1.54. The number of benzene rings is 2. The van der Waals surface area contributed by atoms with Crippen LogP contribution < -0.4 is 15.8 Å². The van der Waals surface area contributed by atoms with Crippen LogP contribution in [0.5, 0.6) is 5.75 Å². The lowest BCUT2D eigenvalue weighted by molar-refractivity contribution is 0.0499.